The Kier molecular flexibility index (Phi) is 4.06. The average Bonchev–Trinajstić information content (AvgIpc) is 2.54. The number of carbonyl (C=O) groups excluding carboxylic acids is 1. The molecule has 0 spiro atoms. The van der Waals surface area contributed by atoms with E-state index in [1.165, 1.54) is 30.4 Å². The van der Waals surface area contributed by atoms with Crippen molar-refractivity contribution >= 4 is 5.91 Å². The number of amides is 1. The second-order valence-corrected chi connectivity index (χ2v) is 6.07. The van der Waals surface area contributed by atoms with Crippen molar-refractivity contribution in [3.63, 3.8) is 0 Å². The normalized spacial score (nSPS) is 23.4. The molecule has 1 unspecified atom stereocenters. The fourth-order valence-corrected chi connectivity index (χ4v) is 3.75. The first kappa shape index (κ1) is 13.6. The van der Waals surface area contributed by atoms with Gasteiger partial charge < -0.3 is 10.6 Å². The number of hydrogen-bond acceptors (Lipinski definition) is 2. The van der Waals surface area contributed by atoms with Gasteiger partial charge in [0.15, 0.2) is 0 Å². The van der Waals surface area contributed by atoms with E-state index in [1.807, 2.05) is 0 Å². The van der Waals surface area contributed by atoms with Crippen LogP contribution in [0, 0.1) is 5.92 Å². The van der Waals surface area contributed by atoms with Crippen LogP contribution in [0.15, 0.2) is 24.3 Å². The fraction of sp³-hybridized carbons (Fsp3) is 0.588. The molecule has 2 aliphatic rings. The topological polar surface area (TPSA) is 46.3 Å². The molecular weight excluding hydrogens is 248 g/mol. The van der Waals surface area contributed by atoms with Crippen LogP contribution in [0.4, 0.5) is 0 Å². The van der Waals surface area contributed by atoms with Crippen LogP contribution in [0.5, 0.6) is 0 Å². The molecule has 0 aromatic heterocycles. The molecule has 3 heteroatoms. The number of nitrogens with zero attached hydrogens (tertiary/aromatic N) is 1. The third kappa shape index (κ3) is 2.47. The van der Waals surface area contributed by atoms with E-state index in [4.69, 9.17) is 5.73 Å². The maximum atomic E-state index is 12.8. The van der Waals surface area contributed by atoms with Crippen LogP contribution >= 0.6 is 0 Å². The van der Waals surface area contributed by atoms with Crippen molar-refractivity contribution in [2.24, 2.45) is 11.7 Å². The third-order valence-corrected chi connectivity index (χ3v) is 4.87. The molecule has 3 nitrogen and oxygen atoms in total. The van der Waals surface area contributed by atoms with Gasteiger partial charge in [0.25, 0.3) is 0 Å². The highest BCUT2D eigenvalue weighted by molar-refractivity contribution is 5.80. The van der Waals surface area contributed by atoms with Crippen LogP contribution in [0.25, 0.3) is 0 Å². The first-order valence-electron chi connectivity index (χ1n) is 7.89. The first-order chi connectivity index (χ1) is 9.81. The molecule has 1 amide bonds. The monoisotopic (exact) mass is 272 g/mol. The lowest BCUT2D eigenvalue weighted by molar-refractivity contribution is -0.139. The number of hydrogen-bond donors (Lipinski definition) is 1. The van der Waals surface area contributed by atoms with E-state index >= 15 is 0 Å². The molecule has 1 fully saturated rings. The summed E-state index contributed by atoms with van der Waals surface area (Å²) in [5.74, 6) is 0.581. The van der Waals surface area contributed by atoms with Crippen molar-refractivity contribution < 1.29 is 4.79 Å². The maximum Gasteiger partial charge on any atom is 0.226 e. The minimum Gasteiger partial charge on any atom is -0.334 e. The van der Waals surface area contributed by atoms with Gasteiger partial charge in [0, 0.05) is 19.0 Å². The van der Waals surface area contributed by atoms with Crippen LogP contribution in [0.1, 0.15) is 49.3 Å². The Hall–Kier alpha value is -1.35. The third-order valence-electron chi connectivity index (χ3n) is 4.87. The molecule has 108 valence electrons. The summed E-state index contributed by atoms with van der Waals surface area (Å²) in [6.07, 6.45) is 6.78. The molecule has 1 heterocycles. The van der Waals surface area contributed by atoms with Crippen LogP contribution < -0.4 is 5.73 Å². The quantitative estimate of drug-likeness (QED) is 0.899. The van der Waals surface area contributed by atoms with Crippen molar-refractivity contribution in [2.75, 3.05) is 13.1 Å². The lowest BCUT2D eigenvalue weighted by Crippen LogP contribution is -2.46. The molecule has 0 bridgehead atoms. The van der Waals surface area contributed by atoms with E-state index in [0.29, 0.717) is 12.5 Å². The number of fused-ring (bicyclic) bond motifs is 1. The van der Waals surface area contributed by atoms with Crippen LogP contribution in [-0.2, 0) is 11.2 Å². The number of rotatable bonds is 2. The summed E-state index contributed by atoms with van der Waals surface area (Å²) in [7, 11) is 0. The Balaban J connectivity index is 1.81. The lowest BCUT2D eigenvalue weighted by Gasteiger charge is -2.39. The summed E-state index contributed by atoms with van der Waals surface area (Å²) >= 11 is 0. The van der Waals surface area contributed by atoms with Gasteiger partial charge in [0.1, 0.15) is 0 Å². The van der Waals surface area contributed by atoms with Gasteiger partial charge in [0.2, 0.25) is 5.91 Å². The van der Waals surface area contributed by atoms with Crippen LogP contribution in [0.3, 0.4) is 0 Å². The van der Waals surface area contributed by atoms with E-state index in [-0.39, 0.29) is 12.0 Å². The van der Waals surface area contributed by atoms with Gasteiger partial charge >= 0.3 is 0 Å². The zero-order chi connectivity index (χ0) is 13.9. The second-order valence-electron chi connectivity index (χ2n) is 6.07. The van der Waals surface area contributed by atoms with Crippen molar-refractivity contribution in [3.05, 3.63) is 35.4 Å². The van der Waals surface area contributed by atoms with Crippen LogP contribution in [0.2, 0.25) is 0 Å². The van der Waals surface area contributed by atoms with Crippen molar-refractivity contribution in [1.82, 2.24) is 4.90 Å². The maximum absolute atomic E-state index is 12.8. The van der Waals surface area contributed by atoms with Crippen molar-refractivity contribution in [3.8, 4) is 0 Å². The molecule has 2 N–H and O–H groups in total. The highest BCUT2D eigenvalue weighted by Crippen LogP contribution is 2.33. The van der Waals surface area contributed by atoms with E-state index in [0.717, 1.165) is 25.8 Å². The molecule has 1 saturated carbocycles. The van der Waals surface area contributed by atoms with Gasteiger partial charge in [-0.2, -0.15) is 0 Å². The number of carbonyl (C=O) groups is 1. The molecule has 20 heavy (non-hydrogen) atoms. The van der Waals surface area contributed by atoms with E-state index in [1.54, 1.807) is 0 Å². The first-order valence-corrected chi connectivity index (χ1v) is 7.89. The molecule has 0 radical (unpaired) electrons. The summed E-state index contributed by atoms with van der Waals surface area (Å²) in [6.45, 7) is 1.35. The lowest BCUT2D eigenvalue weighted by atomic mass is 9.86. The SMILES string of the molecule is NCC1c2ccccc2CCN1C(=O)C1CCCCC1. The average molecular weight is 272 g/mol. The Morgan fingerprint density at radius 1 is 1.20 bits per heavy atom. The van der Waals surface area contributed by atoms with Gasteiger partial charge in [-0.25, -0.2) is 0 Å². The zero-order valence-electron chi connectivity index (χ0n) is 12.1. The molecule has 0 saturated heterocycles. The summed E-state index contributed by atoms with van der Waals surface area (Å²) < 4.78 is 0. The van der Waals surface area contributed by atoms with E-state index in [2.05, 4.69) is 29.2 Å². The highest BCUT2D eigenvalue weighted by Gasteiger charge is 2.33. The van der Waals surface area contributed by atoms with Crippen molar-refractivity contribution in [2.45, 2.75) is 44.6 Å². The Labute approximate surface area is 121 Å². The molecule has 1 aliphatic heterocycles. The zero-order valence-corrected chi connectivity index (χ0v) is 12.1. The Bertz CT molecular complexity index is 480. The summed E-state index contributed by atoms with van der Waals surface area (Å²) in [5.41, 5.74) is 8.59. The molecule has 1 aromatic carbocycles. The number of benzene rings is 1. The standard InChI is InChI=1S/C17H24N2O/c18-12-16-15-9-5-4-6-13(15)10-11-19(16)17(20)14-7-2-1-3-8-14/h4-6,9,14,16H,1-3,7-8,10-12,18H2. The van der Waals surface area contributed by atoms with Crippen molar-refractivity contribution in [1.29, 1.82) is 0 Å². The minimum absolute atomic E-state index is 0.0781. The fourth-order valence-electron chi connectivity index (χ4n) is 3.75. The smallest absolute Gasteiger partial charge is 0.226 e. The Morgan fingerprint density at radius 2 is 1.95 bits per heavy atom. The highest BCUT2D eigenvalue weighted by atomic mass is 16.2. The summed E-state index contributed by atoms with van der Waals surface area (Å²) in [6, 6.07) is 8.50. The van der Waals surface area contributed by atoms with E-state index in [9.17, 15) is 4.79 Å². The largest absolute Gasteiger partial charge is 0.334 e. The van der Waals surface area contributed by atoms with Gasteiger partial charge in [-0.05, 0) is 30.4 Å². The van der Waals surface area contributed by atoms with Crippen LogP contribution in [-0.4, -0.2) is 23.9 Å². The molecule has 1 atom stereocenters. The Morgan fingerprint density at radius 3 is 2.70 bits per heavy atom. The molecule has 1 aromatic rings. The van der Waals surface area contributed by atoms with Gasteiger partial charge in [-0.15, -0.1) is 0 Å². The van der Waals surface area contributed by atoms with E-state index < -0.39 is 0 Å². The summed E-state index contributed by atoms with van der Waals surface area (Å²) in [4.78, 5) is 14.9. The van der Waals surface area contributed by atoms with Gasteiger partial charge in [-0.3, -0.25) is 4.79 Å². The second kappa shape index (κ2) is 5.96. The molecule has 1 aliphatic carbocycles. The predicted octanol–water partition coefficient (Wildman–Crippen LogP) is 2.65. The minimum atomic E-state index is 0.0781. The molecular formula is C17H24N2O. The predicted molar refractivity (Wildman–Crippen MR) is 80.2 cm³/mol. The van der Waals surface area contributed by atoms with Gasteiger partial charge in [0.05, 0.1) is 6.04 Å². The summed E-state index contributed by atoms with van der Waals surface area (Å²) in [5, 5.41) is 0. The molecule has 3 rings (SSSR count). The number of nitrogens with two attached hydrogens (primary N) is 1. The van der Waals surface area contributed by atoms with Gasteiger partial charge in [-0.1, -0.05) is 43.5 Å².